The molecule has 0 radical (unpaired) electrons. The van der Waals surface area contributed by atoms with E-state index in [2.05, 4.69) is 27.3 Å². The Morgan fingerprint density at radius 2 is 1.62 bits per heavy atom. The minimum Gasteiger partial charge on any atom is -0.419 e. The quantitative estimate of drug-likeness (QED) is 0.268. The lowest BCUT2D eigenvalue weighted by Crippen LogP contribution is -2.37. The van der Waals surface area contributed by atoms with Gasteiger partial charge in [-0.1, -0.05) is 66.0 Å². The number of hydrogen-bond donors (Lipinski definition) is 1. The van der Waals surface area contributed by atoms with Crippen molar-refractivity contribution in [1.82, 2.24) is 9.88 Å². The highest BCUT2D eigenvalue weighted by Crippen LogP contribution is 2.34. The minimum atomic E-state index is -3.96. The first kappa shape index (κ1) is 25.5. The average molecular weight is 536 g/mol. The van der Waals surface area contributed by atoms with Crippen LogP contribution in [0.5, 0.6) is 0 Å². The van der Waals surface area contributed by atoms with Crippen LogP contribution in [0.15, 0.2) is 93.2 Å². The summed E-state index contributed by atoms with van der Waals surface area (Å²) in [5.74, 6) is 0.396. The van der Waals surface area contributed by atoms with Crippen molar-refractivity contribution in [1.29, 1.82) is 0 Å². The summed E-state index contributed by atoms with van der Waals surface area (Å²) in [6, 6.07) is 24.1. The molecule has 5 rings (SSSR count). The summed E-state index contributed by atoms with van der Waals surface area (Å²) < 4.78 is 33.4. The summed E-state index contributed by atoms with van der Waals surface area (Å²) in [5, 5.41) is 3.66. The van der Waals surface area contributed by atoms with E-state index in [1.54, 1.807) is 12.1 Å². The van der Waals surface area contributed by atoms with Crippen molar-refractivity contribution >= 4 is 27.3 Å². The van der Waals surface area contributed by atoms with Crippen LogP contribution in [0.1, 0.15) is 36.4 Å². The number of sulfone groups is 1. The van der Waals surface area contributed by atoms with Crippen molar-refractivity contribution in [2.45, 2.75) is 42.1 Å². The zero-order valence-electron chi connectivity index (χ0n) is 20.7. The summed E-state index contributed by atoms with van der Waals surface area (Å²) >= 11 is 6.01. The van der Waals surface area contributed by atoms with E-state index in [1.165, 1.54) is 24.1 Å². The van der Waals surface area contributed by atoms with Crippen molar-refractivity contribution in [2.24, 2.45) is 0 Å². The average Bonchev–Trinajstić information content (AvgIpc) is 3.36. The van der Waals surface area contributed by atoms with Gasteiger partial charge in [-0.25, -0.2) is 8.42 Å². The van der Waals surface area contributed by atoms with Crippen LogP contribution in [0.2, 0.25) is 5.02 Å². The van der Waals surface area contributed by atoms with Crippen molar-refractivity contribution in [3.05, 3.63) is 95.0 Å². The van der Waals surface area contributed by atoms with Gasteiger partial charge in [-0.05, 0) is 74.8 Å². The fourth-order valence-electron chi connectivity index (χ4n) is 4.70. The van der Waals surface area contributed by atoms with Gasteiger partial charge in [-0.3, -0.25) is 4.90 Å². The topological polar surface area (TPSA) is 75.4 Å². The maximum Gasteiger partial charge on any atom is 0.233 e. The molecule has 37 heavy (non-hydrogen) atoms. The Morgan fingerprint density at radius 3 is 2.30 bits per heavy atom. The SMILES string of the molecule is Cc1ccc(-c2nc(S(=O)(=O)c3ccc(Cl)cc3)c(NCC(c3ccccc3)N3CCCCC3)o2)cc1. The lowest BCUT2D eigenvalue weighted by atomic mass is 10.0. The summed E-state index contributed by atoms with van der Waals surface area (Å²) in [5.41, 5.74) is 2.98. The van der Waals surface area contributed by atoms with E-state index in [1.807, 2.05) is 49.4 Å². The Bertz CT molecular complexity index is 1430. The van der Waals surface area contributed by atoms with Crippen LogP contribution in [0.25, 0.3) is 11.5 Å². The molecule has 0 amide bonds. The van der Waals surface area contributed by atoms with Gasteiger partial charge in [0.25, 0.3) is 0 Å². The Morgan fingerprint density at radius 1 is 0.946 bits per heavy atom. The van der Waals surface area contributed by atoms with Crippen LogP contribution < -0.4 is 5.32 Å². The fraction of sp³-hybridized carbons (Fsp3) is 0.276. The first-order valence-electron chi connectivity index (χ1n) is 12.5. The standard InChI is InChI=1S/C29H30ClN3O3S/c1-21-10-12-23(13-11-21)27-32-29(37(34,35)25-16-14-24(30)15-17-25)28(36-27)31-20-26(22-8-4-2-5-9-22)33-18-6-3-7-19-33/h2,4-5,8-17,26,31H,3,6-7,18-20H2,1H3. The number of anilines is 1. The number of halogens is 1. The molecule has 0 saturated carbocycles. The molecular weight excluding hydrogens is 506 g/mol. The Kier molecular flexibility index (Phi) is 7.65. The van der Waals surface area contributed by atoms with Gasteiger partial charge in [0, 0.05) is 17.1 Å². The molecule has 1 unspecified atom stereocenters. The van der Waals surface area contributed by atoms with Crippen molar-refractivity contribution in [3.63, 3.8) is 0 Å². The van der Waals surface area contributed by atoms with Gasteiger partial charge in [0.05, 0.1) is 10.9 Å². The zero-order chi connectivity index (χ0) is 25.8. The molecule has 1 aliphatic rings. The largest absolute Gasteiger partial charge is 0.419 e. The fourth-order valence-corrected chi connectivity index (χ4v) is 6.10. The number of likely N-dealkylation sites (tertiary alicyclic amines) is 1. The number of aryl methyl sites for hydroxylation is 1. The van der Waals surface area contributed by atoms with Crippen molar-refractivity contribution in [3.8, 4) is 11.5 Å². The van der Waals surface area contributed by atoms with Gasteiger partial charge < -0.3 is 9.73 Å². The van der Waals surface area contributed by atoms with Gasteiger partial charge in [0.15, 0.2) is 0 Å². The summed E-state index contributed by atoms with van der Waals surface area (Å²) in [7, 11) is -3.96. The normalized spacial score (nSPS) is 15.4. The number of rotatable bonds is 8. The van der Waals surface area contributed by atoms with E-state index in [4.69, 9.17) is 16.0 Å². The zero-order valence-corrected chi connectivity index (χ0v) is 22.3. The molecule has 2 heterocycles. The molecule has 0 bridgehead atoms. The molecule has 1 saturated heterocycles. The van der Waals surface area contributed by atoms with Crippen LogP contribution in [0.4, 0.5) is 5.88 Å². The number of hydrogen-bond acceptors (Lipinski definition) is 6. The maximum atomic E-state index is 13.7. The molecule has 0 aliphatic carbocycles. The molecule has 1 aliphatic heterocycles. The van der Waals surface area contributed by atoms with Gasteiger partial charge in [0.1, 0.15) is 0 Å². The summed E-state index contributed by atoms with van der Waals surface area (Å²) in [6.45, 7) is 4.48. The molecular formula is C29H30ClN3O3S. The molecule has 192 valence electrons. The molecule has 8 heteroatoms. The highest BCUT2D eigenvalue weighted by atomic mass is 35.5. The van der Waals surface area contributed by atoms with Crippen LogP contribution in [-0.4, -0.2) is 37.9 Å². The summed E-state index contributed by atoms with van der Waals surface area (Å²) in [4.78, 5) is 7.05. The monoisotopic (exact) mass is 535 g/mol. The second kappa shape index (κ2) is 11.1. The Balaban J connectivity index is 1.52. The smallest absolute Gasteiger partial charge is 0.233 e. The molecule has 0 spiro atoms. The van der Waals surface area contributed by atoms with Crippen LogP contribution >= 0.6 is 11.6 Å². The lowest BCUT2D eigenvalue weighted by Gasteiger charge is -2.35. The number of oxazole rings is 1. The molecule has 3 aromatic carbocycles. The van der Waals surface area contributed by atoms with Crippen LogP contribution in [0.3, 0.4) is 0 Å². The second-order valence-electron chi connectivity index (χ2n) is 9.38. The summed E-state index contributed by atoms with van der Waals surface area (Å²) in [6.07, 6.45) is 3.54. The second-order valence-corrected chi connectivity index (χ2v) is 11.7. The predicted octanol–water partition coefficient (Wildman–Crippen LogP) is 6.78. The first-order valence-corrected chi connectivity index (χ1v) is 14.4. The van der Waals surface area contributed by atoms with Crippen molar-refractivity contribution < 1.29 is 12.8 Å². The third-order valence-corrected chi connectivity index (χ3v) is 8.68. The maximum absolute atomic E-state index is 13.7. The van der Waals surface area contributed by atoms with E-state index in [9.17, 15) is 8.42 Å². The number of benzene rings is 3. The number of nitrogens with one attached hydrogen (secondary N) is 1. The van der Waals surface area contributed by atoms with Gasteiger partial charge in [-0.15, -0.1) is 0 Å². The van der Waals surface area contributed by atoms with Gasteiger partial charge >= 0.3 is 0 Å². The molecule has 1 fully saturated rings. The van der Waals surface area contributed by atoms with Gasteiger partial charge in [-0.2, -0.15) is 4.98 Å². The van der Waals surface area contributed by atoms with E-state index in [0.29, 0.717) is 17.1 Å². The number of piperidine rings is 1. The van der Waals surface area contributed by atoms with E-state index < -0.39 is 9.84 Å². The Hall–Kier alpha value is -3.13. The van der Waals surface area contributed by atoms with Crippen LogP contribution in [-0.2, 0) is 9.84 Å². The molecule has 1 N–H and O–H groups in total. The Labute approximate surface area is 223 Å². The van der Waals surface area contributed by atoms with E-state index in [0.717, 1.165) is 31.5 Å². The molecule has 1 aromatic heterocycles. The van der Waals surface area contributed by atoms with Crippen molar-refractivity contribution in [2.75, 3.05) is 25.0 Å². The van der Waals surface area contributed by atoms with Gasteiger partial charge in [0.2, 0.25) is 26.6 Å². The van der Waals surface area contributed by atoms with E-state index in [-0.39, 0.29) is 27.7 Å². The van der Waals surface area contributed by atoms with Crippen LogP contribution in [0, 0.1) is 6.92 Å². The third kappa shape index (κ3) is 5.74. The predicted molar refractivity (Wildman–Crippen MR) is 147 cm³/mol. The number of aromatic nitrogens is 1. The molecule has 4 aromatic rings. The molecule has 6 nitrogen and oxygen atoms in total. The highest BCUT2D eigenvalue weighted by Gasteiger charge is 2.30. The minimum absolute atomic E-state index is 0.0699. The first-order chi connectivity index (χ1) is 17.9. The highest BCUT2D eigenvalue weighted by molar-refractivity contribution is 7.91. The number of nitrogens with zero attached hydrogens (tertiary/aromatic N) is 2. The van der Waals surface area contributed by atoms with E-state index >= 15 is 0 Å². The lowest BCUT2D eigenvalue weighted by molar-refractivity contribution is 0.170. The molecule has 1 atom stereocenters. The third-order valence-electron chi connectivity index (χ3n) is 6.74.